The van der Waals surface area contributed by atoms with Crippen molar-refractivity contribution in [3.05, 3.63) is 46.1 Å². The Balaban J connectivity index is 1.67. The first-order chi connectivity index (χ1) is 16.2. The Morgan fingerprint density at radius 2 is 1.91 bits per heavy atom. The lowest BCUT2D eigenvalue weighted by molar-refractivity contribution is -0.116. The third-order valence-electron chi connectivity index (χ3n) is 5.22. The molecule has 0 bridgehead atoms. The summed E-state index contributed by atoms with van der Waals surface area (Å²) >= 11 is 1.17. The molecule has 12 heteroatoms. The number of carbonyl (C=O) groups excluding carboxylic acids is 3. The Hall–Kier alpha value is -2.99. The van der Waals surface area contributed by atoms with E-state index in [1.54, 1.807) is 6.92 Å². The summed E-state index contributed by atoms with van der Waals surface area (Å²) in [5.74, 6) is -1.88. The number of fused-ring (bicyclic) bond motifs is 1. The fraction of sp³-hybridized carbons (Fsp3) is 0.409. The van der Waals surface area contributed by atoms with Crippen LogP contribution in [0.25, 0.3) is 0 Å². The highest BCUT2D eigenvalue weighted by Crippen LogP contribution is 2.38. The van der Waals surface area contributed by atoms with Crippen LogP contribution >= 0.6 is 11.3 Å². The number of esters is 1. The second-order valence-corrected chi connectivity index (χ2v) is 10.7. The highest BCUT2D eigenvalue weighted by atomic mass is 32.2. The summed E-state index contributed by atoms with van der Waals surface area (Å²) in [6.45, 7) is 2.57. The number of nitrogens with one attached hydrogen (secondary N) is 1. The van der Waals surface area contributed by atoms with Crippen LogP contribution in [0.5, 0.6) is 0 Å². The van der Waals surface area contributed by atoms with Gasteiger partial charge in [0.2, 0.25) is 5.91 Å². The normalized spacial score (nSPS) is 13.2. The number of halogens is 1. The van der Waals surface area contributed by atoms with E-state index >= 15 is 0 Å². The molecule has 1 aliphatic heterocycles. The Labute approximate surface area is 200 Å². The predicted octanol–water partition coefficient (Wildman–Crippen LogP) is 3.38. The van der Waals surface area contributed by atoms with Gasteiger partial charge in [-0.05, 0) is 49.6 Å². The van der Waals surface area contributed by atoms with Gasteiger partial charge in [-0.2, -0.15) is 0 Å². The van der Waals surface area contributed by atoms with Crippen LogP contribution in [-0.2, 0) is 37.1 Å². The minimum absolute atomic E-state index is 0.0145. The number of carbonyl (C=O) groups is 3. The zero-order chi connectivity index (χ0) is 24.9. The van der Waals surface area contributed by atoms with Gasteiger partial charge < -0.3 is 19.7 Å². The van der Waals surface area contributed by atoms with Crippen LogP contribution in [0.15, 0.2) is 29.2 Å². The van der Waals surface area contributed by atoms with E-state index in [1.165, 1.54) is 35.5 Å². The molecule has 1 N–H and O–H groups in total. The van der Waals surface area contributed by atoms with Crippen LogP contribution in [0.2, 0.25) is 0 Å². The number of methoxy groups -OCH3 is 1. The molecular formula is C22H25FN2O7S2. The van der Waals surface area contributed by atoms with E-state index in [9.17, 15) is 27.2 Å². The SMILES string of the molecule is CCOC(=O)N1CCc2c(sc(NC(=O)CCCS(=O)(=O)c3ccc(F)cc3)c2C(=O)OC)C1. The molecule has 0 spiro atoms. The van der Waals surface area contributed by atoms with Crippen molar-refractivity contribution in [3.63, 3.8) is 0 Å². The molecule has 2 aromatic rings. The van der Waals surface area contributed by atoms with Crippen LogP contribution < -0.4 is 5.32 Å². The smallest absolute Gasteiger partial charge is 0.410 e. The van der Waals surface area contributed by atoms with Gasteiger partial charge in [0.05, 0.1) is 36.5 Å². The van der Waals surface area contributed by atoms with Crippen molar-refractivity contribution in [1.82, 2.24) is 4.90 Å². The van der Waals surface area contributed by atoms with Gasteiger partial charge in [0.25, 0.3) is 0 Å². The Kier molecular flexibility index (Phi) is 8.26. The van der Waals surface area contributed by atoms with E-state index in [0.29, 0.717) is 23.5 Å². The van der Waals surface area contributed by atoms with Gasteiger partial charge in [-0.1, -0.05) is 0 Å². The van der Waals surface area contributed by atoms with E-state index in [1.807, 2.05) is 0 Å². The number of amides is 2. The first kappa shape index (κ1) is 25.6. The summed E-state index contributed by atoms with van der Waals surface area (Å²) in [7, 11) is -2.42. The summed E-state index contributed by atoms with van der Waals surface area (Å²) in [6, 6.07) is 4.50. The van der Waals surface area contributed by atoms with Gasteiger partial charge in [-0.3, -0.25) is 4.79 Å². The maximum Gasteiger partial charge on any atom is 0.410 e. The fourth-order valence-corrected chi connectivity index (χ4v) is 6.13. The molecular weight excluding hydrogens is 487 g/mol. The number of benzene rings is 1. The molecule has 184 valence electrons. The molecule has 1 aromatic heterocycles. The second-order valence-electron chi connectivity index (χ2n) is 7.49. The van der Waals surface area contributed by atoms with Gasteiger partial charge in [-0.25, -0.2) is 22.4 Å². The molecule has 0 fully saturated rings. The van der Waals surface area contributed by atoms with E-state index in [2.05, 4.69) is 5.32 Å². The monoisotopic (exact) mass is 512 g/mol. The highest BCUT2D eigenvalue weighted by molar-refractivity contribution is 7.91. The lowest BCUT2D eigenvalue weighted by Gasteiger charge is -2.26. The molecule has 34 heavy (non-hydrogen) atoms. The van der Waals surface area contributed by atoms with E-state index < -0.39 is 33.6 Å². The zero-order valence-electron chi connectivity index (χ0n) is 18.8. The molecule has 0 unspecified atom stereocenters. The van der Waals surface area contributed by atoms with Crippen molar-refractivity contribution in [2.24, 2.45) is 0 Å². The molecule has 0 radical (unpaired) electrons. The average Bonchev–Trinajstić information content (AvgIpc) is 3.15. The number of hydrogen-bond donors (Lipinski definition) is 1. The number of thiophene rings is 1. The van der Waals surface area contributed by atoms with Crippen LogP contribution in [-0.4, -0.2) is 57.3 Å². The Morgan fingerprint density at radius 3 is 2.56 bits per heavy atom. The molecule has 2 amide bonds. The van der Waals surface area contributed by atoms with Gasteiger partial charge in [0.1, 0.15) is 10.8 Å². The van der Waals surface area contributed by atoms with Crippen molar-refractivity contribution in [2.75, 3.05) is 31.3 Å². The molecule has 9 nitrogen and oxygen atoms in total. The molecule has 2 heterocycles. The lowest BCUT2D eigenvalue weighted by Crippen LogP contribution is -2.36. The molecule has 1 aromatic carbocycles. The van der Waals surface area contributed by atoms with Crippen LogP contribution in [0.4, 0.5) is 14.2 Å². The zero-order valence-corrected chi connectivity index (χ0v) is 20.4. The Morgan fingerprint density at radius 1 is 1.21 bits per heavy atom. The molecule has 1 aliphatic rings. The molecule has 0 atom stereocenters. The number of rotatable bonds is 8. The number of hydrogen-bond acceptors (Lipinski definition) is 8. The number of anilines is 1. The van der Waals surface area contributed by atoms with Crippen LogP contribution in [0, 0.1) is 5.82 Å². The summed E-state index contributed by atoms with van der Waals surface area (Å²) in [4.78, 5) is 39.3. The number of ether oxygens (including phenoxy) is 2. The quantitative estimate of drug-likeness (QED) is 0.425. The highest BCUT2D eigenvalue weighted by Gasteiger charge is 2.31. The van der Waals surface area contributed by atoms with Gasteiger partial charge in [0.15, 0.2) is 9.84 Å². The van der Waals surface area contributed by atoms with E-state index in [4.69, 9.17) is 9.47 Å². The standard InChI is InChI=1S/C22H25FN2O7S2/c1-3-32-22(28)25-11-10-16-17(13-25)33-20(19(16)21(27)31-2)24-18(26)5-4-12-34(29,30)15-8-6-14(23)7-9-15/h6-9H,3-5,10-13H2,1-2H3,(H,24,26). The summed E-state index contributed by atoms with van der Waals surface area (Å²) in [5.41, 5.74) is 0.963. The second kappa shape index (κ2) is 11.0. The van der Waals surface area contributed by atoms with Crippen LogP contribution in [0.1, 0.15) is 40.6 Å². The third-order valence-corrected chi connectivity index (χ3v) is 8.16. The maximum atomic E-state index is 13.0. The van der Waals surface area contributed by atoms with Crippen molar-refractivity contribution < 1.29 is 36.7 Å². The fourth-order valence-electron chi connectivity index (χ4n) is 3.55. The van der Waals surface area contributed by atoms with E-state index in [0.717, 1.165) is 17.0 Å². The minimum atomic E-state index is -3.66. The molecule has 0 aliphatic carbocycles. The average molecular weight is 513 g/mol. The predicted molar refractivity (Wildman–Crippen MR) is 123 cm³/mol. The largest absolute Gasteiger partial charge is 0.465 e. The summed E-state index contributed by atoms with van der Waals surface area (Å²) in [5, 5.41) is 2.99. The Bertz CT molecular complexity index is 1180. The summed E-state index contributed by atoms with van der Waals surface area (Å²) < 4.78 is 47.7. The number of nitrogens with zero attached hydrogens (tertiary/aromatic N) is 1. The lowest BCUT2D eigenvalue weighted by atomic mass is 10.0. The van der Waals surface area contributed by atoms with Crippen molar-refractivity contribution in [3.8, 4) is 0 Å². The van der Waals surface area contributed by atoms with Gasteiger partial charge in [-0.15, -0.1) is 11.3 Å². The first-order valence-electron chi connectivity index (χ1n) is 10.6. The third kappa shape index (κ3) is 5.92. The van der Waals surface area contributed by atoms with Crippen molar-refractivity contribution >= 4 is 44.1 Å². The van der Waals surface area contributed by atoms with Gasteiger partial charge >= 0.3 is 12.1 Å². The minimum Gasteiger partial charge on any atom is -0.465 e. The summed E-state index contributed by atoms with van der Waals surface area (Å²) in [6.07, 6.45) is -0.102. The molecule has 0 saturated carbocycles. The van der Waals surface area contributed by atoms with Crippen molar-refractivity contribution in [1.29, 1.82) is 0 Å². The number of sulfone groups is 1. The topological polar surface area (TPSA) is 119 Å². The molecule has 3 rings (SSSR count). The van der Waals surface area contributed by atoms with E-state index in [-0.39, 0.29) is 42.2 Å². The van der Waals surface area contributed by atoms with Crippen LogP contribution in [0.3, 0.4) is 0 Å². The van der Waals surface area contributed by atoms with Crippen molar-refractivity contribution in [2.45, 2.75) is 37.6 Å². The maximum absolute atomic E-state index is 13.0. The first-order valence-corrected chi connectivity index (χ1v) is 13.1. The molecule has 0 saturated heterocycles. The van der Waals surface area contributed by atoms with Gasteiger partial charge in [0, 0.05) is 17.8 Å².